The van der Waals surface area contributed by atoms with Crippen LogP contribution in [-0.4, -0.2) is 22.0 Å². The molecule has 1 aromatic carbocycles. The summed E-state index contributed by atoms with van der Waals surface area (Å²) < 4.78 is 0. The molecule has 19 heavy (non-hydrogen) atoms. The molecule has 0 saturated carbocycles. The average molecular weight is 258 g/mol. The summed E-state index contributed by atoms with van der Waals surface area (Å²) in [5, 5.41) is 12.4. The smallest absolute Gasteiger partial charge is 0.336 e. The Balaban J connectivity index is 2.79. The topological polar surface area (TPSA) is 79.3 Å². The minimum absolute atomic E-state index is 0.145. The molecule has 2 rings (SSSR count). The number of nitrogens with one attached hydrogen (secondary N) is 1. The number of carbonyl (C=O) groups excluding carboxylic acids is 1. The van der Waals surface area contributed by atoms with Gasteiger partial charge in [-0.1, -0.05) is 6.07 Å². The first-order chi connectivity index (χ1) is 8.88. The van der Waals surface area contributed by atoms with Gasteiger partial charge in [0, 0.05) is 12.3 Å². The minimum atomic E-state index is -1.04. The van der Waals surface area contributed by atoms with Crippen LogP contribution in [0.3, 0.4) is 0 Å². The van der Waals surface area contributed by atoms with E-state index in [-0.39, 0.29) is 17.3 Å². The number of hydrogen-bond acceptors (Lipinski definition) is 3. The van der Waals surface area contributed by atoms with Crippen molar-refractivity contribution >= 4 is 28.6 Å². The summed E-state index contributed by atoms with van der Waals surface area (Å²) in [6.07, 6.45) is 0. The van der Waals surface area contributed by atoms with E-state index in [9.17, 15) is 14.7 Å². The zero-order chi connectivity index (χ0) is 14.2. The lowest BCUT2D eigenvalue weighted by atomic mass is 10.0. The van der Waals surface area contributed by atoms with Crippen molar-refractivity contribution in [2.24, 2.45) is 0 Å². The van der Waals surface area contributed by atoms with E-state index in [2.05, 4.69) is 10.3 Å². The van der Waals surface area contributed by atoms with E-state index in [0.717, 1.165) is 11.1 Å². The number of nitrogens with zero attached hydrogens (tertiary/aromatic N) is 1. The van der Waals surface area contributed by atoms with Crippen molar-refractivity contribution in [3.05, 3.63) is 34.9 Å². The third-order valence-corrected chi connectivity index (χ3v) is 2.78. The maximum Gasteiger partial charge on any atom is 0.336 e. The number of rotatable bonds is 2. The normalized spacial score (nSPS) is 10.5. The van der Waals surface area contributed by atoms with Crippen molar-refractivity contribution in [1.82, 2.24) is 4.98 Å². The number of hydrogen-bond donors (Lipinski definition) is 2. The third kappa shape index (κ3) is 2.54. The van der Waals surface area contributed by atoms with Crippen LogP contribution < -0.4 is 5.32 Å². The molecule has 0 fully saturated rings. The average Bonchev–Trinajstić information content (AvgIpc) is 2.25. The Morgan fingerprint density at radius 2 is 1.89 bits per heavy atom. The molecule has 0 aliphatic heterocycles. The summed E-state index contributed by atoms with van der Waals surface area (Å²) >= 11 is 0. The standard InChI is InChI=1S/C14H14N2O3/c1-7-4-8(2)13-10(14(18)19)6-12(15-9(3)17)16-11(13)5-7/h4-6H,1-3H3,(H,18,19)(H,15,16,17). The molecule has 0 unspecified atom stereocenters. The van der Waals surface area contributed by atoms with Crippen LogP contribution in [-0.2, 0) is 4.79 Å². The Morgan fingerprint density at radius 3 is 2.47 bits per heavy atom. The predicted molar refractivity (Wildman–Crippen MR) is 72.5 cm³/mol. The number of carboxylic acid groups (broad SMARTS) is 1. The van der Waals surface area contributed by atoms with E-state index in [0.29, 0.717) is 10.9 Å². The lowest BCUT2D eigenvalue weighted by Gasteiger charge is -2.10. The Morgan fingerprint density at radius 1 is 1.21 bits per heavy atom. The first-order valence-electron chi connectivity index (χ1n) is 5.81. The van der Waals surface area contributed by atoms with Crippen LogP contribution in [0, 0.1) is 13.8 Å². The Labute approximate surface area is 110 Å². The highest BCUT2D eigenvalue weighted by Gasteiger charge is 2.14. The number of anilines is 1. The molecule has 0 saturated heterocycles. The summed E-state index contributed by atoms with van der Waals surface area (Å²) in [6, 6.07) is 5.10. The highest BCUT2D eigenvalue weighted by molar-refractivity contribution is 6.05. The van der Waals surface area contributed by atoms with Gasteiger partial charge in [0.25, 0.3) is 0 Å². The van der Waals surface area contributed by atoms with Gasteiger partial charge in [-0.25, -0.2) is 9.78 Å². The summed E-state index contributed by atoms with van der Waals surface area (Å²) in [6.45, 7) is 5.12. The molecule has 0 spiro atoms. The van der Waals surface area contributed by atoms with Crippen molar-refractivity contribution < 1.29 is 14.7 Å². The van der Waals surface area contributed by atoms with Crippen molar-refractivity contribution in [2.75, 3.05) is 5.32 Å². The van der Waals surface area contributed by atoms with Crippen LogP contribution in [0.5, 0.6) is 0 Å². The van der Waals surface area contributed by atoms with Crippen LogP contribution in [0.25, 0.3) is 10.9 Å². The lowest BCUT2D eigenvalue weighted by molar-refractivity contribution is -0.114. The second-order valence-corrected chi connectivity index (χ2v) is 4.52. The van der Waals surface area contributed by atoms with E-state index in [1.807, 2.05) is 19.9 Å². The highest BCUT2D eigenvalue weighted by atomic mass is 16.4. The molecule has 5 nitrogen and oxygen atoms in total. The quantitative estimate of drug-likeness (QED) is 0.867. The summed E-state index contributed by atoms with van der Waals surface area (Å²) in [4.78, 5) is 26.7. The highest BCUT2D eigenvalue weighted by Crippen LogP contribution is 2.25. The number of pyridine rings is 1. The molecule has 5 heteroatoms. The van der Waals surface area contributed by atoms with E-state index in [4.69, 9.17) is 0 Å². The number of aromatic carboxylic acids is 1. The molecule has 0 bridgehead atoms. The zero-order valence-corrected chi connectivity index (χ0v) is 10.9. The number of aromatic nitrogens is 1. The van der Waals surface area contributed by atoms with Gasteiger partial charge in [0.2, 0.25) is 5.91 Å². The minimum Gasteiger partial charge on any atom is -0.478 e. The second-order valence-electron chi connectivity index (χ2n) is 4.52. The monoisotopic (exact) mass is 258 g/mol. The number of fused-ring (bicyclic) bond motifs is 1. The van der Waals surface area contributed by atoms with Crippen LogP contribution in [0.2, 0.25) is 0 Å². The van der Waals surface area contributed by atoms with Crippen LogP contribution in [0.1, 0.15) is 28.4 Å². The first kappa shape index (κ1) is 13.0. The molecule has 2 N–H and O–H groups in total. The number of carboxylic acids is 1. The molecule has 0 radical (unpaired) electrons. The number of aryl methyl sites for hydroxylation is 2. The van der Waals surface area contributed by atoms with Gasteiger partial charge in [-0.3, -0.25) is 4.79 Å². The van der Waals surface area contributed by atoms with E-state index in [1.165, 1.54) is 13.0 Å². The molecular formula is C14H14N2O3. The van der Waals surface area contributed by atoms with Crippen molar-refractivity contribution in [1.29, 1.82) is 0 Å². The molecule has 1 amide bonds. The first-order valence-corrected chi connectivity index (χ1v) is 5.81. The third-order valence-electron chi connectivity index (χ3n) is 2.78. The predicted octanol–water partition coefficient (Wildman–Crippen LogP) is 2.51. The van der Waals surface area contributed by atoms with E-state index < -0.39 is 5.97 Å². The Bertz CT molecular complexity index is 693. The van der Waals surface area contributed by atoms with Gasteiger partial charge in [-0.05, 0) is 37.1 Å². The Kier molecular flexibility index (Phi) is 3.21. The largest absolute Gasteiger partial charge is 0.478 e. The van der Waals surface area contributed by atoms with E-state index in [1.54, 1.807) is 6.07 Å². The van der Waals surface area contributed by atoms with Gasteiger partial charge in [-0.15, -0.1) is 0 Å². The second kappa shape index (κ2) is 4.68. The SMILES string of the molecule is CC(=O)Nc1cc(C(=O)O)c2c(C)cc(C)cc2n1. The summed E-state index contributed by atoms with van der Waals surface area (Å²) in [5.74, 6) is -1.07. The van der Waals surface area contributed by atoms with Crippen molar-refractivity contribution in [3.8, 4) is 0 Å². The van der Waals surface area contributed by atoms with Gasteiger partial charge >= 0.3 is 5.97 Å². The molecule has 0 aliphatic rings. The van der Waals surface area contributed by atoms with Gasteiger partial charge < -0.3 is 10.4 Å². The van der Waals surface area contributed by atoms with Crippen molar-refractivity contribution in [2.45, 2.75) is 20.8 Å². The fraction of sp³-hybridized carbons (Fsp3) is 0.214. The van der Waals surface area contributed by atoms with Crippen LogP contribution in [0.15, 0.2) is 18.2 Å². The van der Waals surface area contributed by atoms with Crippen molar-refractivity contribution in [3.63, 3.8) is 0 Å². The number of benzene rings is 1. The van der Waals surface area contributed by atoms with Gasteiger partial charge in [-0.2, -0.15) is 0 Å². The molecule has 0 aliphatic carbocycles. The number of amides is 1. The molecule has 0 atom stereocenters. The Hall–Kier alpha value is -2.43. The fourth-order valence-electron chi connectivity index (χ4n) is 2.17. The maximum absolute atomic E-state index is 11.3. The van der Waals surface area contributed by atoms with Crippen LogP contribution >= 0.6 is 0 Å². The fourth-order valence-corrected chi connectivity index (χ4v) is 2.17. The maximum atomic E-state index is 11.3. The summed E-state index contributed by atoms with van der Waals surface area (Å²) in [5.41, 5.74) is 2.57. The van der Waals surface area contributed by atoms with Gasteiger partial charge in [0.05, 0.1) is 11.1 Å². The van der Waals surface area contributed by atoms with Gasteiger partial charge in [0.1, 0.15) is 5.82 Å². The summed E-state index contributed by atoms with van der Waals surface area (Å²) in [7, 11) is 0. The molecule has 2 aromatic rings. The molecule has 98 valence electrons. The van der Waals surface area contributed by atoms with Crippen LogP contribution in [0.4, 0.5) is 5.82 Å². The van der Waals surface area contributed by atoms with E-state index >= 15 is 0 Å². The van der Waals surface area contributed by atoms with Gasteiger partial charge in [0.15, 0.2) is 0 Å². The zero-order valence-electron chi connectivity index (χ0n) is 10.9. The lowest BCUT2D eigenvalue weighted by Crippen LogP contribution is -2.10. The molecule has 1 heterocycles. The number of carbonyl (C=O) groups is 2. The molecule has 1 aromatic heterocycles. The molecular weight excluding hydrogens is 244 g/mol.